The maximum atomic E-state index is 12.2. The Morgan fingerprint density at radius 1 is 1.21 bits per heavy atom. The summed E-state index contributed by atoms with van der Waals surface area (Å²) in [4.78, 5) is 23.1. The maximum Gasteiger partial charge on any atom is 0.315 e. The zero-order chi connectivity index (χ0) is 20.5. The second-order valence-electron chi connectivity index (χ2n) is 5.58. The highest BCUT2D eigenvalue weighted by Crippen LogP contribution is 2.38. The van der Waals surface area contributed by atoms with Gasteiger partial charge >= 0.3 is 5.69 Å². The van der Waals surface area contributed by atoms with E-state index in [1.54, 1.807) is 24.3 Å². The smallest absolute Gasteiger partial charge is 0.315 e. The van der Waals surface area contributed by atoms with Crippen LogP contribution in [0.3, 0.4) is 0 Å². The lowest BCUT2D eigenvalue weighted by Gasteiger charge is -2.11. The van der Waals surface area contributed by atoms with E-state index in [4.69, 9.17) is 14.2 Å². The van der Waals surface area contributed by atoms with E-state index in [1.807, 2.05) is 6.92 Å². The molecule has 28 heavy (non-hydrogen) atoms. The first kappa shape index (κ1) is 20.7. The molecule has 0 radical (unpaired) electrons. The summed E-state index contributed by atoms with van der Waals surface area (Å²) in [6.45, 7) is 2.21. The van der Waals surface area contributed by atoms with Crippen molar-refractivity contribution >= 4 is 17.8 Å². The van der Waals surface area contributed by atoms with Gasteiger partial charge in [-0.2, -0.15) is 5.10 Å². The van der Waals surface area contributed by atoms with Gasteiger partial charge in [-0.05, 0) is 24.6 Å². The van der Waals surface area contributed by atoms with E-state index >= 15 is 0 Å². The molecule has 9 nitrogen and oxygen atoms in total. The van der Waals surface area contributed by atoms with Gasteiger partial charge in [0.1, 0.15) is 5.75 Å². The number of benzene rings is 2. The van der Waals surface area contributed by atoms with Crippen LogP contribution in [0.25, 0.3) is 0 Å². The number of nitro groups is 1. The van der Waals surface area contributed by atoms with Gasteiger partial charge in [0.15, 0.2) is 5.75 Å². The molecule has 9 heteroatoms. The Morgan fingerprint density at radius 3 is 2.57 bits per heavy atom. The standard InChI is InChI=1S/C19H21N3O6/c1-4-9-28-18-15(22(24)25)10-13(11-17(18)27-3)12-20-21-19(23)14-7-5-6-8-16(14)26-2/h5-8,10-12H,4,9H2,1-3H3,(H,21,23)/b20-12+. The van der Waals surface area contributed by atoms with Crippen molar-refractivity contribution in [2.75, 3.05) is 20.8 Å². The Kier molecular flexibility index (Phi) is 7.32. The highest BCUT2D eigenvalue weighted by Gasteiger charge is 2.22. The number of hydrogen-bond acceptors (Lipinski definition) is 7. The molecule has 2 rings (SSSR count). The molecule has 0 unspecified atom stereocenters. The van der Waals surface area contributed by atoms with Gasteiger partial charge < -0.3 is 14.2 Å². The Hall–Kier alpha value is -3.62. The first-order valence-corrected chi connectivity index (χ1v) is 8.47. The molecule has 1 amide bonds. The lowest BCUT2D eigenvalue weighted by Crippen LogP contribution is -2.18. The summed E-state index contributed by atoms with van der Waals surface area (Å²) in [5, 5.41) is 15.2. The van der Waals surface area contributed by atoms with Crippen molar-refractivity contribution in [3.8, 4) is 17.2 Å². The lowest BCUT2D eigenvalue weighted by molar-refractivity contribution is -0.386. The quantitative estimate of drug-likeness (QED) is 0.402. The van der Waals surface area contributed by atoms with E-state index in [2.05, 4.69) is 10.5 Å². The Morgan fingerprint density at radius 2 is 1.93 bits per heavy atom. The molecule has 2 aromatic carbocycles. The summed E-state index contributed by atoms with van der Waals surface area (Å²) in [5.74, 6) is 0.202. The molecule has 2 aromatic rings. The number of carbonyl (C=O) groups excluding carboxylic acids is 1. The molecule has 0 bridgehead atoms. The molecule has 0 fully saturated rings. The SMILES string of the molecule is CCCOc1c(OC)cc(/C=N/NC(=O)c2ccccc2OC)cc1[N+](=O)[O-]. The van der Waals surface area contributed by atoms with Crippen molar-refractivity contribution in [2.24, 2.45) is 5.10 Å². The second-order valence-corrected chi connectivity index (χ2v) is 5.58. The van der Waals surface area contributed by atoms with Crippen LogP contribution in [0.4, 0.5) is 5.69 Å². The van der Waals surface area contributed by atoms with Crippen molar-refractivity contribution in [1.82, 2.24) is 5.43 Å². The third-order valence-electron chi connectivity index (χ3n) is 3.66. The molecule has 0 saturated carbocycles. The van der Waals surface area contributed by atoms with Crippen LogP contribution in [0.2, 0.25) is 0 Å². The zero-order valence-corrected chi connectivity index (χ0v) is 15.8. The van der Waals surface area contributed by atoms with Crippen LogP contribution in [0.1, 0.15) is 29.3 Å². The van der Waals surface area contributed by atoms with Crippen LogP contribution in [0.5, 0.6) is 17.2 Å². The third-order valence-corrected chi connectivity index (χ3v) is 3.66. The topological polar surface area (TPSA) is 112 Å². The number of nitrogens with zero attached hydrogens (tertiary/aromatic N) is 2. The number of hydrogen-bond donors (Lipinski definition) is 1. The molecule has 148 valence electrons. The fourth-order valence-electron chi connectivity index (χ4n) is 2.38. The number of nitrogens with one attached hydrogen (secondary N) is 1. The minimum absolute atomic E-state index is 0.0598. The molecule has 0 saturated heterocycles. The summed E-state index contributed by atoms with van der Waals surface area (Å²) in [7, 11) is 2.85. The largest absolute Gasteiger partial charge is 0.496 e. The van der Waals surface area contributed by atoms with Gasteiger partial charge in [-0.25, -0.2) is 5.43 Å². The molecule has 0 spiro atoms. The van der Waals surface area contributed by atoms with E-state index in [-0.39, 0.29) is 17.2 Å². The summed E-state index contributed by atoms with van der Waals surface area (Å²) in [5.41, 5.74) is 2.80. The molecule has 0 aliphatic rings. The Bertz CT molecular complexity index is 882. The first-order valence-electron chi connectivity index (χ1n) is 8.47. The van der Waals surface area contributed by atoms with Gasteiger partial charge in [0.2, 0.25) is 5.75 Å². The fourth-order valence-corrected chi connectivity index (χ4v) is 2.38. The monoisotopic (exact) mass is 387 g/mol. The number of carbonyl (C=O) groups is 1. The molecular formula is C19H21N3O6. The van der Waals surface area contributed by atoms with Crippen molar-refractivity contribution in [3.05, 3.63) is 57.6 Å². The van der Waals surface area contributed by atoms with Gasteiger partial charge in [0, 0.05) is 11.6 Å². The predicted octanol–water partition coefficient (Wildman–Crippen LogP) is 3.16. The van der Waals surface area contributed by atoms with Crippen LogP contribution in [-0.2, 0) is 0 Å². The highest BCUT2D eigenvalue weighted by molar-refractivity contribution is 5.97. The average Bonchev–Trinajstić information content (AvgIpc) is 2.71. The Labute approximate surface area is 162 Å². The lowest BCUT2D eigenvalue weighted by atomic mass is 10.2. The number of hydrazone groups is 1. The minimum Gasteiger partial charge on any atom is -0.496 e. The number of amides is 1. The number of methoxy groups -OCH3 is 2. The Balaban J connectivity index is 2.24. The maximum absolute atomic E-state index is 12.2. The van der Waals surface area contributed by atoms with Crippen molar-refractivity contribution in [3.63, 3.8) is 0 Å². The molecular weight excluding hydrogens is 366 g/mol. The molecule has 0 atom stereocenters. The van der Waals surface area contributed by atoms with Crippen LogP contribution in [0, 0.1) is 10.1 Å². The third kappa shape index (κ3) is 4.97. The normalized spacial score (nSPS) is 10.5. The number of ether oxygens (including phenoxy) is 3. The van der Waals surface area contributed by atoms with E-state index < -0.39 is 10.8 Å². The van der Waals surface area contributed by atoms with E-state index in [0.29, 0.717) is 29.9 Å². The van der Waals surface area contributed by atoms with E-state index in [0.717, 1.165) is 0 Å². The molecule has 0 heterocycles. The van der Waals surface area contributed by atoms with Crippen molar-refractivity contribution in [1.29, 1.82) is 0 Å². The van der Waals surface area contributed by atoms with Gasteiger partial charge in [0.25, 0.3) is 5.91 Å². The molecule has 1 N–H and O–H groups in total. The van der Waals surface area contributed by atoms with E-state index in [9.17, 15) is 14.9 Å². The molecule has 0 aliphatic heterocycles. The summed E-state index contributed by atoms with van der Waals surface area (Å²) in [6, 6.07) is 9.53. The van der Waals surface area contributed by atoms with Gasteiger partial charge in [-0.3, -0.25) is 14.9 Å². The van der Waals surface area contributed by atoms with Crippen LogP contribution in [0.15, 0.2) is 41.5 Å². The van der Waals surface area contributed by atoms with Crippen LogP contribution < -0.4 is 19.6 Å². The van der Waals surface area contributed by atoms with Crippen LogP contribution >= 0.6 is 0 Å². The van der Waals surface area contributed by atoms with Gasteiger partial charge in [0.05, 0.1) is 37.5 Å². The number of para-hydroxylation sites is 1. The fraction of sp³-hybridized carbons (Fsp3) is 0.263. The summed E-state index contributed by atoms with van der Waals surface area (Å²) >= 11 is 0. The van der Waals surface area contributed by atoms with Crippen LogP contribution in [-0.4, -0.2) is 37.9 Å². The van der Waals surface area contributed by atoms with Gasteiger partial charge in [-0.15, -0.1) is 0 Å². The number of nitro benzene ring substituents is 1. The second kappa shape index (κ2) is 9.91. The minimum atomic E-state index is -0.557. The summed E-state index contributed by atoms with van der Waals surface area (Å²) < 4.78 is 15.8. The zero-order valence-electron chi connectivity index (χ0n) is 15.8. The molecule has 0 aromatic heterocycles. The first-order chi connectivity index (χ1) is 13.5. The van der Waals surface area contributed by atoms with Crippen molar-refractivity contribution < 1.29 is 23.9 Å². The average molecular weight is 387 g/mol. The molecule has 0 aliphatic carbocycles. The predicted molar refractivity (Wildman–Crippen MR) is 103 cm³/mol. The highest BCUT2D eigenvalue weighted by atomic mass is 16.6. The van der Waals surface area contributed by atoms with E-state index in [1.165, 1.54) is 32.6 Å². The van der Waals surface area contributed by atoms with Crippen molar-refractivity contribution in [2.45, 2.75) is 13.3 Å². The summed E-state index contributed by atoms with van der Waals surface area (Å²) in [6.07, 6.45) is 1.98. The number of rotatable bonds is 9. The van der Waals surface area contributed by atoms with Gasteiger partial charge in [-0.1, -0.05) is 19.1 Å².